The van der Waals surface area contributed by atoms with Crippen LogP contribution in [0.5, 0.6) is 5.75 Å². The Kier molecular flexibility index (Phi) is 8.41. The summed E-state index contributed by atoms with van der Waals surface area (Å²) in [7, 11) is -1.59. The number of rotatable bonds is 3. The SMILES string of the molecule is CC(=O)Nc1cc(I)c2c(c1O)C(O)=C1C(=O)[C@]3(O)C(O)=C(C(N)=O)C(=O)[C@@H](N(C)C)C3CC1C2.O=S(=O)(O)O. The molecule has 3 aliphatic rings. The van der Waals surface area contributed by atoms with Crippen LogP contribution in [0.3, 0.4) is 0 Å². The van der Waals surface area contributed by atoms with Crippen molar-refractivity contribution < 1.29 is 57.1 Å². The van der Waals surface area contributed by atoms with E-state index in [2.05, 4.69) is 5.32 Å². The van der Waals surface area contributed by atoms with Crippen LogP contribution in [0, 0.1) is 15.4 Å². The summed E-state index contributed by atoms with van der Waals surface area (Å²) in [5.74, 6) is -7.63. The predicted octanol–water partition coefficient (Wildman–Crippen LogP) is -0.126. The number of aliphatic hydroxyl groups excluding tert-OH is 2. The van der Waals surface area contributed by atoms with E-state index in [4.69, 9.17) is 23.3 Å². The second-order valence-electron chi connectivity index (χ2n) is 9.70. The maximum Gasteiger partial charge on any atom is 0.394 e. The van der Waals surface area contributed by atoms with Gasteiger partial charge in [-0.05, 0) is 67.1 Å². The van der Waals surface area contributed by atoms with Gasteiger partial charge in [0.05, 0.1) is 17.3 Å². The minimum absolute atomic E-state index is 0.00997. The standard InChI is InChI=1S/C23H24IN3O8.H2O4S/c1-7(28)26-12-6-11(24)9-4-8-5-10-16(27(2)3)19(31)15(22(25)34)21(33)23(10,35)20(32)13(8)18(30)14(9)17(12)29;1-5(2,3)4/h6,8,10,16,29-30,33,35H,4-5H2,1-3H3,(H2,25,34)(H,26,28);(H2,1,2,3,4)/t8?,10?,16-,23-;/m0./s1. The number of hydrogen-bond donors (Lipinski definition) is 8. The third-order valence-electron chi connectivity index (χ3n) is 6.98. The molecule has 4 rings (SSSR count). The maximum atomic E-state index is 13.8. The summed E-state index contributed by atoms with van der Waals surface area (Å²) < 4.78 is 32.2. The van der Waals surface area contributed by atoms with Crippen molar-refractivity contribution in [2.75, 3.05) is 19.4 Å². The van der Waals surface area contributed by atoms with E-state index in [-0.39, 0.29) is 29.7 Å². The van der Waals surface area contributed by atoms with E-state index in [1.165, 1.54) is 32.0 Å². The number of Topliss-reactive ketones (excluding diaryl/α,β-unsaturated/α-hetero) is 2. The number of hydrogen-bond acceptors (Lipinski definition) is 11. The largest absolute Gasteiger partial charge is 0.508 e. The average molecular weight is 695 g/mol. The van der Waals surface area contributed by atoms with Crippen molar-refractivity contribution in [3.05, 3.63) is 37.7 Å². The van der Waals surface area contributed by atoms with Gasteiger partial charge in [0.25, 0.3) is 5.91 Å². The number of fused-ring (bicyclic) bond motifs is 3. The van der Waals surface area contributed by atoms with Crippen LogP contribution < -0.4 is 11.1 Å². The van der Waals surface area contributed by atoms with E-state index >= 15 is 0 Å². The fourth-order valence-corrected chi connectivity index (χ4v) is 6.35. The van der Waals surface area contributed by atoms with Crippen LogP contribution in [-0.2, 0) is 36.0 Å². The number of likely N-dealkylation sites (N-methyl/N-ethyl adjacent to an activating group) is 1. The summed E-state index contributed by atoms with van der Waals surface area (Å²) in [6.45, 7) is 1.25. The van der Waals surface area contributed by atoms with E-state index in [0.29, 0.717) is 9.13 Å². The molecule has 4 atom stereocenters. The van der Waals surface area contributed by atoms with Gasteiger partial charge in [-0.1, -0.05) is 0 Å². The van der Waals surface area contributed by atoms with Gasteiger partial charge in [-0.25, -0.2) is 0 Å². The molecule has 1 aromatic rings. The van der Waals surface area contributed by atoms with Crippen molar-refractivity contribution in [1.29, 1.82) is 0 Å². The minimum atomic E-state index is -4.67. The lowest BCUT2D eigenvalue weighted by Crippen LogP contribution is -2.65. The molecule has 0 bridgehead atoms. The van der Waals surface area contributed by atoms with Crippen molar-refractivity contribution >= 4 is 67.8 Å². The molecule has 0 aliphatic heterocycles. The van der Waals surface area contributed by atoms with Crippen LogP contribution >= 0.6 is 22.6 Å². The van der Waals surface area contributed by atoms with Crippen LogP contribution in [0.4, 0.5) is 5.69 Å². The number of amides is 2. The Morgan fingerprint density at radius 3 is 2.20 bits per heavy atom. The number of halogens is 1. The number of nitrogens with zero attached hydrogens (tertiary/aromatic N) is 1. The molecule has 0 saturated heterocycles. The summed E-state index contributed by atoms with van der Waals surface area (Å²) in [5.41, 5.74) is 1.99. The monoisotopic (exact) mass is 695 g/mol. The molecule has 17 heteroatoms. The van der Waals surface area contributed by atoms with E-state index in [0.717, 1.165) is 0 Å². The number of benzene rings is 1. The van der Waals surface area contributed by atoms with E-state index < -0.39 is 80.1 Å². The first kappa shape index (κ1) is 31.4. The normalized spacial score (nSPS) is 25.9. The van der Waals surface area contributed by atoms with Crippen molar-refractivity contribution in [1.82, 2.24) is 4.90 Å². The molecule has 0 aromatic heterocycles. The Morgan fingerprint density at radius 2 is 1.73 bits per heavy atom. The average Bonchev–Trinajstić information content (AvgIpc) is 2.77. The lowest BCUT2D eigenvalue weighted by atomic mass is 9.57. The molecule has 1 aromatic carbocycles. The van der Waals surface area contributed by atoms with Gasteiger partial charge in [-0.2, -0.15) is 8.42 Å². The number of phenols is 1. The molecular weight excluding hydrogens is 669 g/mol. The van der Waals surface area contributed by atoms with Crippen LogP contribution in [0.2, 0.25) is 0 Å². The molecule has 0 heterocycles. The number of phenolic OH excluding ortho intramolecular Hbond substituents is 1. The predicted molar refractivity (Wildman–Crippen MR) is 145 cm³/mol. The van der Waals surface area contributed by atoms with Crippen molar-refractivity contribution in [3.63, 3.8) is 0 Å². The first-order valence-electron chi connectivity index (χ1n) is 11.4. The van der Waals surface area contributed by atoms with Gasteiger partial charge in [0, 0.05) is 22.0 Å². The molecule has 40 heavy (non-hydrogen) atoms. The highest BCUT2D eigenvalue weighted by Gasteiger charge is 2.64. The van der Waals surface area contributed by atoms with Crippen LogP contribution in [0.1, 0.15) is 24.5 Å². The summed E-state index contributed by atoms with van der Waals surface area (Å²) in [6.07, 6.45) is 0.191. The van der Waals surface area contributed by atoms with Gasteiger partial charge in [0.1, 0.15) is 22.8 Å². The number of primary amides is 1. The lowest BCUT2D eigenvalue weighted by Gasteiger charge is -2.50. The third kappa shape index (κ3) is 5.31. The Morgan fingerprint density at radius 1 is 1.18 bits per heavy atom. The number of aromatic hydroxyl groups is 1. The summed E-state index contributed by atoms with van der Waals surface area (Å²) >= 11 is 1.99. The molecule has 0 radical (unpaired) electrons. The molecule has 1 saturated carbocycles. The topological polar surface area (TPSA) is 265 Å². The van der Waals surface area contributed by atoms with Gasteiger partial charge >= 0.3 is 10.4 Å². The van der Waals surface area contributed by atoms with Crippen molar-refractivity contribution in [2.24, 2.45) is 17.6 Å². The first-order valence-corrected chi connectivity index (χ1v) is 13.9. The molecular formula is C23H26IN3O12S. The number of carbonyl (C=O) groups is 4. The Balaban J connectivity index is 0.000000810. The molecule has 9 N–H and O–H groups in total. The summed E-state index contributed by atoms with van der Waals surface area (Å²) in [6, 6.07) is 0.401. The van der Waals surface area contributed by atoms with Crippen LogP contribution in [0.25, 0.3) is 5.76 Å². The number of anilines is 1. The van der Waals surface area contributed by atoms with E-state index in [1.54, 1.807) is 0 Å². The fourth-order valence-electron chi connectivity index (χ4n) is 5.55. The number of ketones is 2. The van der Waals surface area contributed by atoms with E-state index in [9.17, 15) is 39.6 Å². The maximum absolute atomic E-state index is 13.8. The smallest absolute Gasteiger partial charge is 0.394 e. The zero-order valence-electron chi connectivity index (χ0n) is 21.2. The van der Waals surface area contributed by atoms with Gasteiger partial charge < -0.3 is 31.5 Å². The molecule has 2 unspecified atom stereocenters. The van der Waals surface area contributed by atoms with Crippen molar-refractivity contribution in [3.8, 4) is 5.75 Å². The van der Waals surface area contributed by atoms with Gasteiger partial charge in [0.2, 0.25) is 11.7 Å². The highest BCUT2D eigenvalue weighted by Crippen LogP contribution is 2.53. The van der Waals surface area contributed by atoms with Crippen molar-refractivity contribution in [2.45, 2.75) is 31.4 Å². The van der Waals surface area contributed by atoms with E-state index in [1.807, 2.05) is 22.6 Å². The Hall–Kier alpha value is -3.10. The lowest BCUT2D eigenvalue weighted by molar-refractivity contribution is -0.153. The molecule has 15 nitrogen and oxygen atoms in total. The Labute approximate surface area is 241 Å². The quantitative estimate of drug-likeness (QED) is 0.0888. The number of carbonyl (C=O) groups excluding carboxylic acids is 4. The third-order valence-corrected chi connectivity index (χ3v) is 7.94. The summed E-state index contributed by atoms with van der Waals surface area (Å²) in [5, 5.41) is 46.9. The van der Waals surface area contributed by atoms with Crippen LogP contribution in [0.15, 0.2) is 23.0 Å². The van der Waals surface area contributed by atoms with Gasteiger partial charge in [0.15, 0.2) is 11.4 Å². The molecule has 3 aliphatic carbocycles. The zero-order chi connectivity index (χ0) is 30.6. The fraction of sp³-hybridized carbons (Fsp3) is 0.391. The molecule has 2 amide bonds. The highest BCUT2D eigenvalue weighted by molar-refractivity contribution is 14.1. The molecule has 218 valence electrons. The van der Waals surface area contributed by atoms with Gasteiger partial charge in [-0.3, -0.25) is 33.2 Å². The molecule has 1 fully saturated rings. The van der Waals surface area contributed by atoms with Crippen LogP contribution in [-0.4, -0.2) is 92.0 Å². The number of aliphatic hydroxyl groups is 3. The van der Waals surface area contributed by atoms with Gasteiger partial charge in [-0.15, -0.1) is 0 Å². The summed E-state index contributed by atoms with van der Waals surface area (Å²) in [4.78, 5) is 51.8. The minimum Gasteiger partial charge on any atom is -0.508 e. The molecule has 0 spiro atoms. The second-order valence-corrected chi connectivity index (χ2v) is 11.8. The number of nitrogens with one attached hydrogen (secondary N) is 1. The first-order chi connectivity index (χ1) is 18.2. The Bertz CT molecular complexity index is 1510. The zero-order valence-corrected chi connectivity index (χ0v) is 24.1. The second kappa shape index (κ2) is 10.7. The highest BCUT2D eigenvalue weighted by atomic mass is 127. The number of nitrogens with two attached hydrogens (primary N) is 1.